The fraction of sp³-hybridized carbons (Fsp3) is 0.280. The summed E-state index contributed by atoms with van der Waals surface area (Å²) in [5.74, 6) is 0.588. The van der Waals surface area contributed by atoms with E-state index in [0.717, 1.165) is 12.1 Å². The Morgan fingerprint density at radius 2 is 1.49 bits per heavy atom. The van der Waals surface area contributed by atoms with E-state index in [4.69, 9.17) is 9.47 Å². The highest BCUT2D eigenvalue weighted by Gasteiger charge is 2.41. The highest BCUT2D eigenvalue weighted by molar-refractivity contribution is 6.05. The van der Waals surface area contributed by atoms with Crippen molar-refractivity contribution >= 4 is 22.9 Å². The molecule has 5 rings (SSSR count). The summed E-state index contributed by atoms with van der Waals surface area (Å²) in [6.07, 6.45) is 3.37. The van der Waals surface area contributed by atoms with Gasteiger partial charge in [-0.3, -0.25) is 29.8 Å². The molecule has 0 aromatic heterocycles. The Bertz CT molecular complexity index is 1310. The molecule has 0 bridgehead atoms. The van der Waals surface area contributed by atoms with Crippen molar-refractivity contribution in [3.8, 4) is 11.5 Å². The van der Waals surface area contributed by atoms with Gasteiger partial charge in [0, 0.05) is 48.8 Å². The lowest BCUT2D eigenvalue weighted by Gasteiger charge is -2.36. The van der Waals surface area contributed by atoms with E-state index in [2.05, 4.69) is 0 Å². The fourth-order valence-electron chi connectivity index (χ4n) is 4.88. The zero-order valence-corrected chi connectivity index (χ0v) is 18.5. The van der Waals surface area contributed by atoms with E-state index in [1.54, 1.807) is 24.3 Å². The van der Waals surface area contributed by atoms with E-state index in [1.807, 2.05) is 0 Å². The number of nitro benzene ring substituents is 2. The van der Waals surface area contributed by atoms with E-state index in [1.165, 1.54) is 6.07 Å². The number of rotatable bonds is 5. The van der Waals surface area contributed by atoms with Gasteiger partial charge >= 0.3 is 5.69 Å². The van der Waals surface area contributed by atoms with Crippen molar-refractivity contribution in [3.63, 3.8) is 0 Å². The Morgan fingerprint density at radius 1 is 0.829 bits per heavy atom. The quantitative estimate of drug-likeness (QED) is 0.411. The van der Waals surface area contributed by atoms with Gasteiger partial charge in [-0.15, -0.1) is 0 Å². The second-order valence-electron chi connectivity index (χ2n) is 8.60. The van der Waals surface area contributed by atoms with Crippen LogP contribution >= 0.6 is 0 Å². The molecular formula is C25H20N2O8. The van der Waals surface area contributed by atoms with Gasteiger partial charge in [-0.1, -0.05) is 12.1 Å². The number of non-ortho nitro benzene ring substituents is 1. The largest absolute Gasteiger partial charge is 0.465 e. The molecule has 2 aromatic rings. The molecule has 0 atom stereocenters. The third-order valence-corrected chi connectivity index (χ3v) is 6.41. The van der Waals surface area contributed by atoms with Gasteiger partial charge in [-0.05, 0) is 36.6 Å². The predicted octanol–water partition coefficient (Wildman–Crippen LogP) is 5.42. The van der Waals surface area contributed by atoms with Gasteiger partial charge in [0.05, 0.1) is 15.9 Å². The number of benzene rings is 2. The normalized spacial score (nSPS) is 18.1. The summed E-state index contributed by atoms with van der Waals surface area (Å²) >= 11 is 0. The van der Waals surface area contributed by atoms with Crippen LogP contribution in [0.4, 0.5) is 11.4 Å². The van der Waals surface area contributed by atoms with Crippen molar-refractivity contribution in [2.24, 2.45) is 0 Å². The number of nitro groups is 2. The van der Waals surface area contributed by atoms with Crippen molar-refractivity contribution in [1.82, 2.24) is 0 Å². The molecule has 35 heavy (non-hydrogen) atoms. The van der Waals surface area contributed by atoms with Gasteiger partial charge in [-0.25, -0.2) is 0 Å². The SMILES string of the molecule is O=C1CCCC2=C1C(c1cccc(Oc3ccc([N+](=O)[O-])cc3[N+](=O)[O-])c1)C1=C(CCCC1=O)O2. The summed E-state index contributed by atoms with van der Waals surface area (Å²) in [5, 5.41) is 22.5. The van der Waals surface area contributed by atoms with Crippen LogP contribution < -0.4 is 4.74 Å². The van der Waals surface area contributed by atoms with Crippen LogP contribution in [0.3, 0.4) is 0 Å². The lowest BCUT2D eigenvalue weighted by Crippen LogP contribution is -2.30. The molecule has 1 aliphatic heterocycles. The molecule has 10 heteroatoms. The minimum Gasteiger partial charge on any atom is -0.465 e. The molecule has 0 N–H and O–H groups in total. The number of hydrogen-bond acceptors (Lipinski definition) is 8. The Hall–Kier alpha value is -4.34. The zero-order chi connectivity index (χ0) is 24.7. The molecule has 1 heterocycles. The molecule has 10 nitrogen and oxygen atoms in total. The van der Waals surface area contributed by atoms with Crippen LogP contribution in [0.5, 0.6) is 11.5 Å². The minimum absolute atomic E-state index is 0.0569. The highest BCUT2D eigenvalue weighted by Crippen LogP contribution is 2.48. The van der Waals surface area contributed by atoms with Crippen LogP contribution in [-0.4, -0.2) is 21.4 Å². The Kier molecular flexibility index (Phi) is 5.64. The van der Waals surface area contributed by atoms with Crippen molar-refractivity contribution < 1.29 is 28.9 Å². The van der Waals surface area contributed by atoms with Crippen molar-refractivity contribution in [2.75, 3.05) is 0 Å². The van der Waals surface area contributed by atoms with Gasteiger partial charge in [-0.2, -0.15) is 0 Å². The Balaban J connectivity index is 1.57. The lowest BCUT2D eigenvalue weighted by molar-refractivity contribution is -0.394. The lowest BCUT2D eigenvalue weighted by atomic mass is 9.73. The van der Waals surface area contributed by atoms with Gasteiger partial charge in [0.25, 0.3) is 5.69 Å². The molecule has 0 saturated heterocycles. The third kappa shape index (κ3) is 4.07. The second-order valence-corrected chi connectivity index (χ2v) is 8.60. The first-order chi connectivity index (χ1) is 16.8. The number of ether oxygens (including phenoxy) is 2. The molecule has 178 valence electrons. The first-order valence-corrected chi connectivity index (χ1v) is 11.2. The molecule has 0 fully saturated rings. The number of allylic oxidation sites excluding steroid dienone is 4. The van der Waals surface area contributed by atoms with E-state index in [-0.39, 0.29) is 23.1 Å². The van der Waals surface area contributed by atoms with Gasteiger partial charge in [0.1, 0.15) is 17.3 Å². The van der Waals surface area contributed by atoms with E-state index < -0.39 is 27.1 Å². The van der Waals surface area contributed by atoms with Crippen LogP contribution in [0.2, 0.25) is 0 Å². The van der Waals surface area contributed by atoms with Gasteiger partial charge < -0.3 is 9.47 Å². The molecule has 0 spiro atoms. The number of ketones is 2. The summed E-state index contributed by atoms with van der Waals surface area (Å²) in [7, 11) is 0. The average molecular weight is 476 g/mol. The summed E-state index contributed by atoms with van der Waals surface area (Å²) in [6.45, 7) is 0. The topological polar surface area (TPSA) is 139 Å². The van der Waals surface area contributed by atoms with Gasteiger partial charge in [0.2, 0.25) is 5.75 Å². The molecule has 0 amide bonds. The van der Waals surface area contributed by atoms with E-state index in [9.17, 15) is 29.8 Å². The highest BCUT2D eigenvalue weighted by atomic mass is 16.6. The molecule has 3 aliphatic rings. The molecule has 2 aromatic carbocycles. The number of hydrogen-bond donors (Lipinski definition) is 0. The molecule has 0 unspecified atom stereocenters. The molecule has 0 saturated carbocycles. The van der Waals surface area contributed by atoms with Crippen LogP contribution in [0.1, 0.15) is 50.0 Å². The first-order valence-electron chi connectivity index (χ1n) is 11.2. The predicted molar refractivity (Wildman–Crippen MR) is 122 cm³/mol. The van der Waals surface area contributed by atoms with Crippen LogP contribution in [0, 0.1) is 20.2 Å². The van der Waals surface area contributed by atoms with Crippen LogP contribution in [0.25, 0.3) is 0 Å². The fourth-order valence-corrected chi connectivity index (χ4v) is 4.88. The van der Waals surface area contributed by atoms with Crippen molar-refractivity contribution in [1.29, 1.82) is 0 Å². The van der Waals surface area contributed by atoms with Crippen LogP contribution in [-0.2, 0) is 14.3 Å². The maximum absolute atomic E-state index is 12.9. The first kappa shape index (κ1) is 22.5. The summed E-state index contributed by atoms with van der Waals surface area (Å²) in [5.41, 5.74) is 0.648. The molecule has 0 radical (unpaired) electrons. The average Bonchev–Trinajstić information content (AvgIpc) is 2.83. The van der Waals surface area contributed by atoms with Crippen molar-refractivity contribution in [2.45, 2.75) is 44.4 Å². The summed E-state index contributed by atoms with van der Waals surface area (Å²) in [4.78, 5) is 46.9. The number of nitrogens with zero attached hydrogens (tertiary/aromatic N) is 2. The molecule has 2 aliphatic carbocycles. The summed E-state index contributed by atoms with van der Waals surface area (Å²) < 4.78 is 11.8. The number of carbonyl (C=O) groups excluding carboxylic acids is 2. The number of Topliss-reactive ketones (excluding diaryl/α,β-unsaturated/α-hetero) is 2. The number of carbonyl (C=O) groups is 2. The second kappa shape index (κ2) is 8.79. The zero-order valence-electron chi connectivity index (χ0n) is 18.5. The summed E-state index contributed by atoms with van der Waals surface area (Å²) in [6, 6.07) is 9.83. The van der Waals surface area contributed by atoms with Gasteiger partial charge in [0.15, 0.2) is 11.6 Å². The minimum atomic E-state index is -0.750. The smallest absolute Gasteiger partial charge is 0.318 e. The maximum atomic E-state index is 12.9. The van der Waals surface area contributed by atoms with E-state index >= 15 is 0 Å². The Morgan fingerprint density at radius 3 is 2.09 bits per heavy atom. The van der Waals surface area contributed by atoms with E-state index in [0.29, 0.717) is 66.8 Å². The maximum Gasteiger partial charge on any atom is 0.318 e. The standard InChI is InChI=1S/C25H20N2O8/c28-18-6-2-8-21-24(18)23(25-19(29)7-3-9-22(25)35-21)14-4-1-5-16(12-14)34-20-11-10-15(26(30)31)13-17(20)27(32)33/h1,4-5,10-13,23H,2-3,6-9H2. The third-order valence-electron chi connectivity index (χ3n) is 6.41. The Labute approximate surface area is 199 Å². The molecular weight excluding hydrogens is 456 g/mol. The van der Waals surface area contributed by atoms with Crippen LogP contribution in [0.15, 0.2) is 65.1 Å². The van der Waals surface area contributed by atoms with Crippen molar-refractivity contribution in [3.05, 3.63) is 90.9 Å². The monoisotopic (exact) mass is 476 g/mol.